The van der Waals surface area contributed by atoms with Crippen LogP contribution in [-0.4, -0.2) is 64.7 Å². The Morgan fingerprint density at radius 1 is 1.11 bits per heavy atom. The first-order chi connectivity index (χ1) is 12.9. The Morgan fingerprint density at radius 3 is 2.37 bits per heavy atom. The van der Waals surface area contributed by atoms with Crippen molar-refractivity contribution in [1.29, 1.82) is 0 Å². The van der Waals surface area contributed by atoms with Gasteiger partial charge in [0.1, 0.15) is 17.9 Å². The zero-order valence-corrected chi connectivity index (χ0v) is 15.5. The number of hydrogen-bond donors (Lipinski definition) is 3. The Balaban J connectivity index is 1.50. The summed E-state index contributed by atoms with van der Waals surface area (Å²) in [4.78, 5) is 36.9. The number of nitrogens with zero attached hydrogens (tertiary/aromatic N) is 1. The van der Waals surface area contributed by atoms with E-state index in [0.717, 1.165) is 25.7 Å². The van der Waals surface area contributed by atoms with Crippen molar-refractivity contribution in [3.63, 3.8) is 0 Å². The lowest BCUT2D eigenvalue weighted by Crippen LogP contribution is -2.45. The first kappa shape index (κ1) is 19.7. The summed E-state index contributed by atoms with van der Waals surface area (Å²) < 4.78 is 6.07. The third-order valence-electron chi connectivity index (χ3n) is 5.74. The number of nitrogens with one attached hydrogen (secondary N) is 1. The molecule has 2 fully saturated rings. The molecular formula is C19H28N2O6. The van der Waals surface area contributed by atoms with Gasteiger partial charge in [-0.25, -0.2) is 0 Å². The summed E-state index contributed by atoms with van der Waals surface area (Å²) in [5.41, 5.74) is -0.329. The topological polar surface area (TPSA) is 116 Å². The van der Waals surface area contributed by atoms with Crippen molar-refractivity contribution in [2.75, 3.05) is 19.6 Å². The molecule has 150 valence electrons. The number of rotatable bonds is 7. The molecule has 27 heavy (non-hydrogen) atoms. The van der Waals surface area contributed by atoms with Gasteiger partial charge in [-0.2, -0.15) is 0 Å². The number of aliphatic carboxylic acids is 1. The molecule has 8 nitrogen and oxygen atoms in total. The predicted molar refractivity (Wildman–Crippen MR) is 96.0 cm³/mol. The standard InChI is InChI=1S/C19H28N2O6/c22-15-8-9-21(19(26)17(15)18(25)20-10-16(23)24)11-12-4-6-14(7-5-12)27-13-2-1-3-13/h12-14,22H,1-11H2,(H,20,25)(H,23,24). The van der Waals surface area contributed by atoms with Crippen molar-refractivity contribution in [3.05, 3.63) is 11.3 Å². The highest BCUT2D eigenvalue weighted by molar-refractivity contribution is 6.19. The number of aliphatic hydroxyl groups is 1. The highest BCUT2D eigenvalue weighted by Crippen LogP contribution is 2.32. The number of carboxylic acid groups (broad SMARTS) is 1. The molecule has 1 heterocycles. The monoisotopic (exact) mass is 380 g/mol. The molecule has 3 rings (SSSR count). The molecule has 2 saturated carbocycles. The number of ether oxygens (including phenoxy) is 1. The van der Waals surface area contributed by atoms with Crippen LogP contribution in [0, 0.1) is 5.92 Å². The third-order valence-corrected chi connectivity index (χ3v) is 5.74. The van der Waals surface area contributed by atoms with Crippen LogP contribution >= 0.6 is 0 Å². The minimum absolute atomic E-state index is 0.210. The average molecular weight is 380 g/mol. The number of carboxylic acids is 1. The van der Waals surface area contributed by atoms with E-state index < -0.39 is 24.3 Å². The van der Waals surface area contributed by atoms with Gasteiger partial charge >= 0.3 is 5.97 Å². The summed E-state index contributed by atoms with van der Waals surface area (Å²) >= 11 is 0. The quantitative estimate of drug-likeness (QED) is 0.574. The van der Waals surface area contributed by atoms with Gasteiger partial charge in [-0.3, -0.25) is 14.4 Å². The molecule has 0 spiro atoms. The summed E-state index contributed by atoms with van der Waals surface area (Å²) in [7, 11) is 0. The third kappa shape index (κ3) is 5.00. The van der Waals surface area contributed by atoms with E-state index in [-0.39, 0.29) is 17.8 Å². The van der Waals surface area contributed by atoms with Crippen LogP contribution in [0.2, 0.25) is 0 Å². The maximum atomic E-state index is 12.6. The maximum Gasteiger partial charge on any atom is 0.322 e. The van der Waals surface area contributed by atoms with Gasteiger partial charge in [0.15, 0.2) is 0 Å². The second-order valence-electron chi connectivity index (χ2n) is 7.73. The van der Waals surface area contributed by atoms with Gasteiger partial charge in [0.2, 0.25) is 0 Å². The molecule has 3 N–H and O–H groups in total. The second kappa shape index (κ2) is 8.73. The fraction of sp³-hybridized carbons (Fsp3) is 0.737. The van der Waals surface area contributed by atoms with Crippen molar-refractivity contribution in [2.24, 2.45) is 5.92 Å². The molecule has 0 bridgehead atoms. The van der Waals surface area contributed by atoms with Gasteiger partial charge in [-0.05, 0) is 50.9 Å². The summed E-state index contributed by atoms with van der Waals surface area (Å²) in [6, 6.07) is 0. The lowest BCUT2D eigenvalue weighted by molar-refractivity contribution is -0.138. The van der Waals surface area contributed by atoms with Crippen molar-refractivity contribution in [1.82, 2.24) is 10.2 Å². The van der Waals surface area contributed by atoms with Crippen LogP contribution in [0.5, 0.6) is 0 Å². The summed E-state index contributed by atoms with van der Waals surface area (Å²) in [6.45, 7) is 0.338. The minimum Gasteiger partial charge on any atom is -0.511 e. The molecule has 2 amide bonds. The van der Waals surface area contributed by atoms with Gasteiger partial charge in [0.05, 0.1) is 12.2 Å². The van der Waals surface area contributed by atoms with E-state index in [1.807, 2.05) is 0 Å². The largest absolute Gasteiger partial charge is 0.511 e. The van der Waals surface area contributed by atoms with Crippen LogP contribution in [0.15, 0.2) is 11.3 Å². The Hall–Kier alpha value is -2.09. The molecule has 0 aromatic heterocycles. The van der Waals surface area contributed by atoms with E-state index in [9.17, 15) is 19.5 Å². The minimum atomic E-state index is -1.20. The first-order valence-corrected chi connectivity index (χ1v) is 9.81. The summed E-state index contributed by atoms with van der Waals surface area (Å²) in [6.07, 6.45) is 8.54. The summed E-state index contributed by atoms with van der Waals surface area (Å²) in [5.74, 6) is -2.46. The van der Waals surface area contributed by atoms with Crippen LogP contribution in [0.25, 0.3) is 0 Å². The second-order valence-corrected chi connectivity index (χ2v) is 7.73. The van der Waals surface area contributed by atoms with Gasteiger partial charge in [0.25, 0.3) is 11.8 Å². The number of hydrogen-bond acceptors (Lipinski definition) is 5. The predicted octanol–water partition coefficient (Wildman–Crippen LogP) is 1.36. The Morgan fingerprint density at radius 2 is 1.78 bits per heavy atom. The molecule has 0 unspecified atom stereocenters. The van der Waals surface area contributed by atoms with E-state index in [0.29, 0.717) is 31.2 Å². The smallest absolute Gasteiger partial charge is 0.322 e. The number of amides is 2. The van der Waals surface area contributed by atoms with Crippen molar-refractivity contribution < 1.29 is 29.3 Å². The Kier molecular flexibility index (Phi) is 6.36. The van der Waals surface area contributed by atoms with E-state index in [1.165, 1.54) is 19.3 Å². The average Bonchev–Trinajstić information content (AvgIpc) is 2.60. The Bertz CT molecular complexity index is 620. The molecule has 8 heteroatoms. The van der Waals surface area contributed by atoms with Gasteiger partial charge in [0, 0.05) is 19.5 Å². The van der Waals surface area contributed by atoms with Crippen LogP contribution < -0.4 is 5.32 Å². The van der Waals surface area contributed by atoms with E-state index >= 15 is 0 Å². The molecule has 0 saturated heterocycles. The fourth-order valence-corrected chi connectivity index (χ4v) is 3.94. The lowest BCUT2D eigenvalue weighted by Gasteiger charge is -2.37. The van der Waals surface area contributed by atoms with Crippen molar-refractivity contribution in [3.8, 4) is 0 Å². The van der Waals surface area contributed by atoms with E-state index in [4.69, 9.17) is 9.84 Å². The fourth-order valence-electron chi connectivity index (χ4n) is 3.94. The SMILES string of the molecule is O=C(O)CNC(=O)C1=C(O)CCN(CC2CCC(OC3CCC3)CC2)C1=O. The molecular weight excluding hydrogens is 352 g/mol. The molecule has 0 aromatic carbocycles. The maximum absolute atomic E-state index is 12.6. The molecule has 2 aliphatic carbocycles. The van der Waals surface area contributed by atoms with Crippen LogP contribution in [-0.2, 0) is 19.1 Å². The number of carbonyl (C=O) groups excluding carboxylic acids is 2. The lowest BCUT2D eigenvalue weighted by atomic mass is 9.86. The van der Waals surface area contributed by atoms with Gasteiger partial charge in [-0.1, -0.05) is 0 Å². The molecule has 1 aliphatic heterocycles. The summed E-state index contributed by atoms with van der Waals surface area (Å²) in [5, 5.41) is 20.8. The zero-order chi connectivity index (χ0) is 19.4. The van der Waals surface area contributed by atoms with Crippen LogP contribution in [0.4, 0.5) is 0 Å². The van der Waals surface area contributed by atoms with E-state index in [2.05, 4.69) is 5.32 Å². The molecule has 3 aliphatic rings. The molecule has 0 aromatic rings. The zero-order valence-electron chi connectivity index (χ0n) is 15.5. The van der Waals surface area contributed by atoms with Crippen molar-refractivity contribution in [2.45, 2.75) is 63.6 Å². The Labute approximate surface area is 158 Å². The number of carbonyl (C=O) groups is 3. The number of aliphatic hydroxyl groups excluding tert-OH is 1. The normalized spacial score (nSPS) is 26.7. The van der Waals surface area contributed by atoms with Gasteiger partial charge in [-0.15, -0.1) is 0 Å². The molecule has 0 atom stereocenters. The van der Waals surface area contributed by atoms with Gasteiger partial charge < -0.3 is 25.2 Å². The van der Waals surface area contributed by atoms with Crippen molar-refractivity contribution >= 4 is 17.8 Å². The van der Waals surface area contributed by atoms with Crippen LogP contribution in [0.3, 0.4) is 0 Å². The van der Waals surface area contributed by atoms with E-state index in [1.54, 1.807) is 4.90 Å². The highest BCUT2D eigenvalue weighted by atomic mass is 16.5. The highest BCUT2D eigenvalue weighted by Gasteiger charge is 2.34. The first-order valence-electron chi connectivity index (χ1n) is 9.81. The molecule has 0 radical (unpaired) electrons. The van der Waals surface area contributed by atoms with Crippen LogP contribution in [0.1, 0.15) is 51.4 Å².